The van der Waals surface area contributed by atoms with Crippen molar-refractivity contribution in [1.29, 1.82) is 0 Å². The first-order chi connectivity index (χ1) is 13.1. The maximum Gasteiger partial charge on any atom is 0.265 e. The third-order valence-electron chi connectivity index (χ3n) is 4.75. The Morgan fingerprint density at radius 2 is 2.11 bits per heavy atom. The Bertz CT molecular complexity index is 927. The maximum atomic E-state index is 12.3. The normalized spacial score (nSPS) is 15.5. The number of benzene rings is 1. The number of anilines is 1. The highest BCUT2D eigenvalue weighted by Gasteiger charge is 2.18. The molecule has 27 heavy (non-hydrogen) atoms. The van der Waals surface area contributed by atoms with Gasteiger partial charge in [0.05, 0.1) is 35.7 Å². The number of fused-ring (bicyclic) bond motifs is 1. The monoisotopic (exact) mass is 384 g/mol. The highest BCUT2D eigenvalue weighted by atomic mass is 32.1. The lowest BCUT2D eigenvalue weighted by molar-refractivity contribution is 0.0325. The number of thiophene rings is 1. The molecular formula is C20H24N4O2S. The van der Waals surface area contributed by atoms with Gasteiger partial charge in [0.25, 0.3) is 5.91 Å². The van der Waals surface area contributed by atoms with E-state index in [9.17, 15) is 4.79 Å². The number of imidazole rings is 1. The van der Waals surface area contributed by atoms with Crippen molar-refractivity contribution in [2.75, 3.05) is 31.6 Å². The van der Waals surface area contributed by atoms with E-state index in [-0.39, 0.29) is 5.91 Å². The lowest BCUT2D eigenvalue weighted by Gasteiger charge is -2.27. The topological polar surface area (TPSA) is 59.4 Å². The Morgan fingerprint density at radius 1 is 1.30 bits per heavy atom. The predicted octanol–water partition coefficient (Wildman–Crippen LogP) is 3.76. The number of ether oxygens (including phenoxy) is 1. The summed E-state index contributed by atoms with van der Waals surface area (Å²) in [6.07, 6.45) is 0. The Labute approximate surface area is 162 Å². The van der Waals surface area contributed by atoms with Crippen LogP contribution in [0.2, 0.25) is 0 Å². The second-order valence-electron chi connectivity index (χ2n) is 7.02. The van der Waals surface area contributed by atoms with Crippen molar-refractivity contribution in [3.63, 3.8) is 0 Å². The summed E-state index contributed by atoms with van der Waals surface area (Å²) in [5.41, 5.74) is 2.78. The first kappa shape index (κ1) is 18.2. The minimum atomic E-state index is -0.0822. The zero-order chi connectivity index (χ0) is 18.8. The fourth-order valence-corrected chi connectivity index (χ4v) is 4.09. The first-order valence-corrected chi connectivity index (χ1v) is 10.2. The summed E-state index contributed by atoms with van der Waals surface area (Å²) in [4.78, 5) is 20.3. The lowest BCUT2D eigenvalue weighted by Crippen LogP contribution is -2.36. The van der Waals surface area contributed by atoms with Crippen molar-refractivity contribution in [2.45, 2.75) is 26.4 Å². The number of carbonyl (C=O) groups excluding carboxylic acids is 1. The fraction of sp³-hybridized carbons (Fsp3) is 0.400. The van der Waals surface area contributed by atoms with Crippen LogP contribution in [-0.2, 0) is 11.3 Å². The van der Waals surface area contributed by atoms with Gasteiger partial charge in [-0.05, 0) is 43.5 Å². The zero-order valence-corrected chi connectivity index (χ0v) is 16.5. The van der Waals surface area contributed by atoms with Crippen molar-refractivity contribution in [3.05, 3.63) is 46.4 Å². The molecule has 3 heterocycles. The van der Waals surface area contributed by atoms with Gasteiger partial charge in [0.15, 0.2) is 0 Å². The number of hydrogen-bond acceptors (Lipinski definition) is 5. The quantitative estimate of drug-likeness (QED) is 0.728. The number of hydrogen-bond donors (Lipinski definition) is 1. The third kappa shape index (κ3) is 3.90. The summed E-state index contributed by atoms with van der Waals surface area (Å²) in [6, 6.07) is 9.99. The number of aromatic nitrogens is 2. The smallest absolute Gasteiger partial charge is 0.265 e. The number of rotatable bonds is 5. The number of morpholine rings is 1. The van der Waals surface area contributed by atoms with Crippen molar-refractivity contribution in [2.24, 2.45) is 0 Å². The Morgan fingerprint density at radius 3 is 2.81 bits per heavy atom. The molecule has 1 aliphatic heterocycles. The number of nitrogens with one attached hydrogen (secondary N) is 1. The third-order valence-corrected chi connectivity index (χ3v) is 5.62. The van der Waals surface area contributed by atoms with Crippen molar-refractivity contribution in [3.8, 4) is 0 Å². The largest absolute Gasteiger partial charge is 0.379 e. The Hall–Kier alpha value is -2.22. The van der Waals surface area contributed by atoms with E-state index in [1.807, 2.05) is 29.6 Å². The number of carbonyl (C=O) groups is 1. The molecule has 4 rings (SSSR count). The van der Waals surface area contributed by atoms with E-state index < -0.39 is 0 Å². The van der Waals surface area contributed by atoms with Crippen LogP contribution in [0.25, 0.3) is 11.0 Å². The summed E-state index contributed by atoms with van der Waals surface area (Å²) in [5.74, 6) is 0.977. The van der Waals surface area contributed by atoms with E-state index in [0.29, 0.717) is 10.9 Å². The van der Waals surface area contributed by atoms with Crippen LogP contribution in [0.4, 0.5) is 5.69 Å². The van der Waals surface area contributed by atoms with E-state index >= 15 is 0 Å². The van der Waals surface area contributed by atoms with E-state index in [0.717, 1.165) is 55.4 Å². The molecule has 1 saturated heterocycles. The zero-order valence-electron chi connectivity index (χ0n) is 15.6. The molecule has 2 aromatic heterocycles. The molecule has 6 nitrogen and oxygen atoms in total. The molecule has 0 aliphatic carbocycles. The molecular weight excluding hydrogens is 360 g/mol. The molecule has 1 aliphatic rings. The lowest BCUT2D eigenvalue weighted by atomic mass is 10.2. The second kappa shape index (κ2) is 7.80. The molecule has 7 heteroatoms. The summed E-state index contributed by atoms with van der Waals surface area (Å²) in [6.45, 7) is 8.59. The van der Waals surface area contributed by atoms with Gasteiger partial charge >= 0.3 is 0 Å². The average molecular weight is 385 g/mol. The van der Waals surface area contributed by atoms with Crippen LogP contribution < -0.4 is 5.32 Å². The molecule has 1 aromatic carbocycles. The minimum Gasteiger partial charge on any atom is -0.379 e. The molecule has 0 bridgehead atoms. The molecule has 1 fully saturated rings. The Balaban J connectivity index is 1.61. The van der Waals surface area contributed by atoms with Gasteiger partial charge in [-0.15, -0.1) is 11.3 Å². The molecule has 3 aromatic rings. The first-order valence-electron chi connectivity index (χ1n) is 9.27. The van der Waals surface area contributed by atoms with Gasteiger partial charge in [-0.1, -0.05) is 6.07 Å². The molecule has 0 spiro atoms. The van der Waals surface area contributed by atoms with Crippen LogP contribution in [0.1, 0.15) is 35.4 Å². The van der Waals surface area contributed by atoms with E-state index in [1.165, 1.54) is 11.3 Å². The maximum absolute atomic E-state index is 12.3. The predicted molar refractivity (Wildman–Crippen MR) is 108 cm³/mol. The molecule has 0 unspecified atom stereocenters. The molecule has 1 amide bonds. The average Bonchev–Trinajstić information content (AvgIpc) is 3.29. The molecule has 0 radical (unpaired) electrons. The minimum absolute atomic E-state index is 0.0822. The van der Waals surface area contributed by atoms with E-state index in [1.54, 1.807) is 0 Å². The van der Waals surface area contributed by atoms with Crippen LogP contribution in [-0.4, -0.2) is 46.7 Å². The summed E-state index contributed by atoms with van der Waals surface area (Å²) in [7, 11) is 0. The van der Waals surface area contributed by atoms with Gasteiger partial charge in [-0.3, -0.25) is 9.69 Å². The standard InChI is InChI=1S/C20H24N4O2S/c1-14(2)24-17-6-5-15(21-20(25)18-4-3-11-27-18)12-16(17)22-19(24)13-23-7-9-26-10-8-23/h3-6,11-12,14H,7-10,13H2,1-2H3,(H,21,25). The molecule has 0 saturated carbocycles. The van der Waals surface area contributed by atoms with Gasteiger partial charge in [0, 0.05) is 24.8 Å². The van der Waals surface area contributed by atoms with Crippen LogP contribution in [0.3, 0.4) is 0 Å². The summed E-state index contributed by atoms with van der Waals surface area (Å²) >= 11 is 1.44. The highest BCUT2D eigenvalue weighted by molar-refractivity contribution is 7.12. The van der Waals surface area contributed by atoms with Crippen molar-refractivity contribution in [1.82, 2.24) is 14.5 Å². The Kier molecular flexibility index (Phi) is 5.24. The van der Waals surface area contributed by atoms with Gasteiger partial charge < -0.3 is 14.6 Å². The van der Waals surface area contributed by atoms with E-state index in [4.69, 9.17) is 9.72 Å². The number of nitrogens with zero attached hydrogens (tertiary/aromatic N) is 3. The number of amides is 1. The van der Waals surface area contributed by atoms with E-state index in [2.05, 4.69) is 34.7 Å². The summed E-state index contributed by atoms with van der Waals surface area (Å²) in [5, 5.41) is 4.87. The van der Waals surface area contributed by atoms with Gasteiger partial charge in [-0.25, -0.2) is 4.98 Å². The molecule has 142 valence electrons. The van der Waals surface area contributed by atoms with Crippen LogP contribution in [0.15, 0.2) is 35.7 Å². The highest BCUT2D eigenvalue weighted by Crippen LogP contribution is 2.25. The molecule has 0 atom stereocenters. The van der Waals surface area contributed by atoms with Crippen LogP contribution >= 0.6 is 11.3 Å². The molecule has 1 N–H and O–H groups in total. The van der Waals surface area contributed by atoms with Gasteiger partial charge in [0.1, 0.15) is 5.82 Å². The second-order valence-corrected chi connectivity index (χ2v) is 7.96. The van der Waals surface area contributed by atoms with Crippen LogP contribution in [0.5, 0.6) is 0 Å². The fourth-order valence-electron chi connectivity index (χ4n) is 3.47. The van der Waals surface area contributed by atoms with Crippen molar-refractivity contribution < 1.29 is 9.53 Å². The van der Waals surface area contributed by atoms with Crippen molar-refractivity contribution >= 4 is 34.0 Å². The summed E-state index contributed by atoms with van der Waals surface area (Å²) < 4.78 is 7.74. The van der Waals surface area contributed by atoms with Gasteiger partial charge in [0.2, 0.25) is 0 Å². The van der Waals surface area contributed by atoms with Crippen LogP contribution in [0, 0.1) is 0 Å². The van der Waals surface area contributed by atoms with Gasteiger partial charge in [-0.2, -0.15) is 0 Å². The SMILES string of the molecule is CC(C)n1c(CN2CCOCC2)nc2cc(NC(=O)c3cccs3)ccc21.